The van der Waals surface area contributed by atoms with Crippen molar-refractivity contribution in [3.05, 3.63) is 76.7 Å². The van der Waals surface area contributed by atoms with Crippen LogP contribution in [0.25, 0.3) is 11.1 Å². The molecule has 1 aromatic carbocycles. The van der Waals surface area contributed by atoms with Crippen LogP contribution < -0.4 is 0 Å². The van der Waals surface area contributed by atoms with E-state index in [2.05, 4.69) is 46.1 Å². The fraction of sp³-hybridized carbons (Fsp3) is 0.250. The van der Waals surface area contributed by atoms with Gasteiger partial charge < -0.3 is 5.11 Å². The number of aliphatic hydroxyl groups is 1. The van der Waals surface area contributed by atoms with E-state index in [0.717, 1.165) is 11.1 Å². The monoisotopic (exact) mass is 323 g/mol. The Bertz CT molecular complexity index is 735. The summed E-state index contributed by atoms with van der Waals surface area (Å²) in [5, 5.41) is 15.5. The first-order chi connectivity index (χ1) is 11.1. The molecule has 1 N–H and O–H groups in total. The van der Waals surface area contributed by atoms with Crippen LogP contribution in [0, 0.1) is 5.92 Å². The van der Waals surface area contributed by atoms with Crippen LogP contribution in [0.5, 0.6) is 0 Å². The van der Waals surface area contributed by atoms with E-state index >= 15 is 0 Å². The van der Waals surface area contributed by atoms with Crippen molar-refractivity contribution in [1.82, 2.24) is 4.98 Å². The summed E-state index contributed by atoms with van der Waals surface area (Å²) >= 11 is 1.70. The van der Waals surface area contributed by atoms with Gasteiger partial charge in [0.1, 0.15) is 0 Å². The summed E-state index contributed by atoms with van der Waals surface area (Å²) < 4.78 is 0. The molecule has 0 aliphatic rings. The van der Waals surface area contributed by atoms with E-state index in [1.807, 2.05) is 26.0 Å². The lowest BCUT2D eigenvalue weighted by Gasteiger charge is -2.32. The predicted molar refractivity (Wildman–Crippen MR) is 96.4 cm³/mol. The van der Waals surface area contributed by atoms with E-state index in [1.54, 1.807) is 23.7 Å². The Labute approximate surface area is 141 Å². The second-order valence-corrected chi connectivity index (χ2v) is 6.99. The molecule has 1 atom stereocenters. The average Bonchev–Trinajstić information content (AvgIpc) is 3.10. The van der Waals surface area contributed by atoms with Gasteiger partial charge in [0, 0.05) is 24.4 Å². The van der Waals surface area contributed by atoms with Crippen molar-refractivity contribution < 1.29 is 5.11 Å². The lowest BCUT2D eigenvalue weighted by molar-refractivity contribution is -0.0103. The Morgan fingerprint density at radius 2 is 1.87 bits per heavy atom. The summed E-state index contributed by atoms with van der Waals surface area (Å²) in [6.45, 7) is 4.10. The Morgan fingerprint density at radius 1 is 1.09 bits per heavy atom. The van der Waals surface area contributed by atoms with Crippen LogP contribution in [0.4, 0.5) is 0 Å². The topological polar surface area (TPSA) is 33.1 Å². The van der Waals surface area contributed by atoms with Gasteiger partial charge in [0.2, 0.25) is 0 Å². The zero-order chi connectivity index (χ0) is 16.3. The lowest BCUT2D eigenvalue weighted by atomic mass is 9.79. The Hall–Kier alpha value is -1.97. The fourth-order valence-corrected chi connectivity index (χ4v) is 3.48. The lowest BCUT2D eigenvalue weighted by Crippen LogP contribution is -2.34. The standard InChI is InChI=1S/C20H21NOS/c1-15(2)20(22,19-4-3-10-21-13-19)12-16-5-7-17(8-6-16)18-9-11-23-14-18/h3-11,13-15,22H,12H2,1-2H3. The van der Waals surface area contributed by atoms with E-state index < -0.39 is 5.60 Å². The molecule has 0 radical (unpaired) electrons. The van der Waals surface area contributed by atoms with Crippen LogP contribution in [-0.2, 0) is 12.0 Å². The third-order valence-corrected chi connectivity index (χ3v) is 5.08. The molecule has 3 heteroatoms. The van der Waals surface area contributed by atoms with Crippen LogP contribution >= 0.6 is 11.3 Å². The van der Waals surface area contributed by atoms with Gasteiger partial charge in [-0.2, -0.15) is 11.3 Å². The molecule has 3 aromatic rings. The zero-order valence-electron chi connectivity index (χ0n) is 13.4. The Balaban J connectivity index is 1.86. The molecular formula is C20H21NOS. The summed E-state index contributed by atoms with van der Waals surface area (Å²) in [6.07, 6.45) is 4.08. The highest BCUT2D eigenvalue weighted by atomic mass is 32.1. The van der Waals surface area contributed by atoms with Gasteiger partial charge in [-0.3, -0.25) is 4.98 Å². The molecule has 0 fully saturated rings. The van der Waals surface area contributed by atoms with E-state index in [-0.39, 0.29) is 5.92 Å². The first kappa shape index (κ1) is 15.9. The van der Waals surface area contributed by atoms with Gasteiger partial charge in [-0.1, -0.05) is 44.2 Å². The van der Waals surface area contributed by atoms with Crippen molar-refractivity contribution in [2.75, 3.05) is 0 Å². The second kappa shape index (κ2) is 6.65. The summed E-state index contributed by atoms with van der Waals surface area (Å²) in [5.41, 5.74) is 3.55. The third-order valence-electron chi connectivity index (χ3n) is 4.40. The average molecular weight is 323 g/mol. The third kappa shape index (κ3) is 3.36. The number of thiophene rings is 1. The Morgan fingerprint density at radius 3 is 2.43 bits per heavy atom. The van der Waals surface area contributed by atoms with Crippen molar-refractivity contribution in [3.8, 4) is 11.1 Å². The first-order valence-corrected chi connectivity index (χ1v) is 8.78. The van der Waals surface area contributed by atoms with Gasteiger partial charge in [-0.15, -0.1) is 0 Å². The molecule has 23 heavy (non-hydrogen) atoms. The molecule has 0 spiro atoms. The number of aromatic nitrogens is 1. The predicted octanol–water partition coefficient (Wildman–Crippen LogP) is 4.90. The molecule has 0 aliphatic heterocycles. The molecule has 0 aliphatic carbocycles. The van der Waals surface area contributed by atoms with Gasteiger partial charge in [-0.05, 0) is 45.5 Å². The second-order valence-electron chi connectivity index (χ2n) is 6.21. The maximum Gasteiger partial charge on any atom is 0.0974 e. The van der Waals surface area contributed by atoms with Crippen LogP contribution in [0.3, 0.4) is 0 Å². The summed E-state index contributed by atoms with van der Waals surface area (Å²) in [7, 11) is 0. The van der Waals surface area contributed by atoms with E-state index in [1.165, 1.54) is 11.1 Å². The molecule has 1 unspecified atom stereocenters. The molecule has 0 saturated heterocycles. The molecule has 0 saturated carbocycles. The van der Waals surface area contributed by atoms with E-state index in [9.17, 15) is 5.11 Å². The van der Waals surface area contributed by atoms with Crippen LogP contribution in [0.15, 0.2) is 65.6 Å². The SMILES string of the molecule is CC(C)C(O)(Cc1ccc(-c2ccsc2)cc1)c1cccnc1. The van der Waals surface area contributed by atoms with Crippen molar-refractivity contribution in [1.29, 1.82) is 0 Å². The molecule has 3 rings (SSSR count). The number of rotatable bonds is 5. The maximum atomic E-state index is 11.2. The van der Waals surface area contributed by atoms with Crippen molar-refractivity contribution in [2.24, 2.45) is 5.92 Å². The molecule has 2 heterocycles. The summed E-state index contributed by atoms with van der Waals surface area (Å²) in [6, 6.07) is 14.4. The highest BCUT2D eigenvalue weighted by Crippen LogP contribution is 2.33. The van der Waals surface area contributed by atoms with Crippen LogP contribution in [0.2, 0.25) is 0 Å². The quantitative estimate of drug-likeness (QED) is 0.724. The minimum absolute atomic E-state index is 0.100. The van der Waals surface area contributed by atoms with Gasteiger partial charge in [-0.25, -0.2) is 0 Å². The number of nitrogens with zero attached hydrogens (tertiary/aromatic N) is 1. The molecule has 2 nitrogen and oxygen atoms in total. The van der Waals surface area contributed by atoms with Crippen molar-refractivity contribution in [2.45, 2.75) is 25.9 Å². The molecule has 2 aromatic heterocycles. The largest absolute Gasteiger partial charge is 0.384 e. The van der Waals surface area contributed by atoms with Gasteiger partial charge in [0.15, 0.2) is 0 Å². The van der Waals surface area contributed by atoms with Crippen molar-refractivity contribution in [3.63, 3.8) is 0 Å². The van der Waals surface area contributed by atoms with Crippen LogP contribution in [-0.4, -0.2) is 10.1 Å². The molecule has 0 amide bonds. The molecular weight excluding hydrogens is 302 g/mol. The van der Waals surface area contributed by atoms with Gasteiger partial charge >= 0.3 is 0 Å². The van der Waals surface area contributed by atoms with Gasteiger partial charge in [0.25, 0.3) is 0 Å². The number of hydrogen-bond acceptors (Lipinski definition) is 3. The number of benzene rings is 1. The maximum absolute atomic E-state index is 11.2. The van der Waals surface area contributed by atoms with Crippen LogP contribution in [0.1, 0.15) is 25.0 Å². The van der Waals surface area contributed by atoms with E-state index in [4.69, 9.17) is 0 Å². The van der Waals surface area contributed by atoms with Crippen molar-refractivity contribution >= 4 is 11.3 Å². The summed E-state index contributed by atoms with van der Waals surface area (Å²) in [4.78, 5) is 4.16. The smallest absolute Gasteiger partial charge is 0.0974 e. The Kier molecular flexibility index (Phi) is 4.60. The highest BCUT2D eigenvalue weighted by molar-refractivity contribution is 7.08. The zero-order valence-corrected chi connectivity index (χ0v) is 14.3. The van der Waals surface area contributed by atoms with Gasteiger partial charge in [0.05, 0.1) is 5.60 Å². The highest BCUT2D eigenvalue weighted by Gasteiger charge is 2.33. The normalized spacial score (nSPS) is 13.9. The number of pyridine rings is 1. The number of hydrogen-bond donors (Lipinski definition) is 1. The first-order valence-electron chi connectivity index (χ1n) is 7.84. The molecule has 0 bridgehead atoms. The minimum Gasteiger partial charge on any atom is -0.384 e. The van der Waals surface area contributed by atoms with E-state index in [0.29, 0.717) is 6.42 Å². The minimum atomic E-state index is -0.905. The molecule has 118 valence electrons. The fourth-order valence-electron chi connectivity index (χ4n) is 2.81. The summed E-state index contributed by atoms with van der Waals surface area (Å²) in [5.74, 6) is 0.100.